The van der Waals surface area contributed by atoms with Crippen LogP contribution in [-0.2, 0) is 9.53 Å². The van der Waals surface area contributed by atoms with Crippen molar-refractivity contribution in [2.75, 3.05) is 50.1 Å². The first-order chi connectivity index (χ1) is 15.6. The Hall–Kier alpha value is -2.55. The zero-order chi connectivity index (χ0) is 22.1. The second-order valence-electron chi connectivity index (χ2n) is 8.80. The Morgan fingerprint density at radius 1 is 1.12 bits per heavy atom. The molecule has 0 saturated carbocycles. The topological polar surface area (TPSA) is 67.5 Å². The van der Waals surface area contributed by atoms with Gasteiger partial charge in [-0.25, -0.2) is 4.79 Å². The van der Waals surface area contributed by atoms with Crippen molar-refractivity contribution in [2.24, 2.45) is 0 Å². The van der Waals surface area contributed by atoms with Gasteiger partial charge in [0, 0.05) is 28.3 Å². The molecule has 0 spiro atoms. The number of quaternary nitrogens is 2. The molecule has 168 valence electrons. The molecule has 0 aromatic heterocycles. The van der Waals surface area contributed by atoms with E-state index in [4.69, 9.17) is 4.74 Å². The van der Waals surface area contributed by atoms with E-state index < -0.39 is 6.09 Å². The number of carbonyl (C=O) groups excluding carboxylic acids is 2. The molecule has 5 rings (SSSR count). The number of para-hydroxylation sites is 1. The Morgan fingerprint density at radius 2 is 1.97 bits per heavy atom. The molecule has 0 aliphatic carbocycles. The highest BCUT2D eigenvalue weighted by Crippen LogP contribution is 2.49. The maximum atomic E-state index is 13.6. The number of benzene rings is 2. The summed E-state index contributed by atoms with van der Waals surface area (Å²) in [7, 11) is 1.34. The van der Waals surface area contributed by atoms with Crippen LogP contribution in [-0.4, -0.2) is 57.9 Å². The highest BCUT2D eigenvalue weighted by atomic mass is 32.2. The van der Waals surface area contributed by atoms with Gasteiger partial charge in [-0.3, -0.25) is 15.0 Å². The molecule has 3 unspecified atom stereocenters. The number of fused-ring (bicyclic) bond motifs is 3. The Bertz CT molecular complexity index is 1030. The van der Waals surface area contributed by atoms with E-state index in [0.29, 0.717) is 12.1 Å². The largest absolute Gasteiger partial charge is 0.453 e. The minimum atomic E-state index is -0.525. The summed E-state index contributed by atoms with van der Waals surface area (Å²) < 4.78 is 4.72. The van der Waals surface area contributed by atoms with E-state index in [2.05, 4.69) is 11.4 Å². The quantitative estimate of drug-likeness (QED) is 0.652. The van der Waals surface area contributed by atoms with Crippen LogP contribution in [0, 0.1) is 0 Å². The minimum absolute atomic E-state index is 0.0999. The second kappa shape index (κ2) is 9.13. The van der Waals surface area contributed by atoms with Crippen molar-refractivity contribution in [3.05, 3.63) is 42.5 Å². The number of methoxy groups -OCH3 is 1. The molecule has 3 heterocycles. The van der Waals surface area contributed by atoms with Gasteiger partial charge in [0.2, 0.25) is 5.91 Å². The molecule has 32 heavy (non-hydrogen) atoms. The van der Waals surface area contributed by atoms with Crippen LogP contribution in [0.25, 0.3) is 0 Å². The number of ether oxygens (including phenoxy) is 1. The van der Waals surface area contributed by atoms with Crippen molar-refractivity contribution >= 4 is 40.8 Å². The third kappa shape index (κ3) is 4.22. The Labute approximate surface area is 192 Å². The lowest BCUT2D eigenvalue weighted by Crippen LogP contribution is -3.29. The molecule has 2 fully saturated rings. The standard InChI is InChI=1S/C24H28N4O3S/c1-31-24(30)25-17-8-9-22-20(15-17)28(19-6-2-3-7-21(19)32-22)23(29)10-12-26-13-14-27-11-4-5-18(27)16-26/h2-3,6-9,15,18H,4-5,10-14,16H2,1H3,(H,25,30)/p+2. The van der Waals surface area contributed by atoms with E-state index in [9.17, 15) is 9.59 Å². The molecular formula is C24H30N4O3S+2. The van der Waals surface area contributed by atoms with Crippen LogP contribution in [0.4, 0.5) is 21.9 Å². The average molecular weight is 455 g/mol. The van der Waals surface area contributed by atoms with Crippen LogP contribution >= 0.6 is 11.8 Å². The van der Waals surface area contributed by atoms with Crippen LogP contribution < -0.4 is 20.0 Å². The summed E-state index contributed by atoms with van der Waals surface area (Å²) >= 11 is 1.65. The highest BCUT2D eigenvalue weighted by molar-refractivity contribution is 7.99. The van der Waals surface area contributed by atoms with Crippen molar-refractivity contribution in [1.29, 1.82) is 0 Å². The summed E-state index contributed by atoms with van der Waals surface area (Å²) in [5.74, 6) is 0.0999. The molecule has 2 aromatic carbocycles. The first-order valence-electron chi connectivity index (χ1n) is 11.4. The molecular weight excluding hydrogens is 424 g/mol. The molecule has 3 aliphatic heterocycles. The molecule has 7 nitrogen and oxygen atoms in total. The summed E-state index contributed by atoms with van der Waals surface area (Å²) in [6, 6.07) is 14.4. The van der Waals surface area contributed by atoms with Gasteiger partial charge in [0.05, 0.1) is 38.0 Å². The molecule has 2 saturated heterocycles. The van der Waals surface area contributed by atoms with Gasteiger partial charge in [0.1, 0.15) is 25.7 Å². The number of hydrogen-bond acceptors (Lipinski definition) is 4. The molecule has 2 aromatic rings. The first kappa shape index (κ1) is 21.3. The summed E-state index contributed by atoms with van der Waals surface area (Å²) in [5, 5.41) is 2.72. The summed E-state index contributed by atoms with van der Waals surface area (Å²) in [6.07, 6.45) is 2.65. The van der Waals surface area contributed by atoms with Gasteiger partial charge in [-0.05, 0) is 30.3 Å². The molecule has 2 amide bonds. The number of rotatable bonds is 4. The van der Waals surface area contributed by atoms with Gasteiger partial charge in [-0.2, -0.15) is 0 Å². The van der Waals surface area contributed by atoms with Crippen molar-refractivity contribution in [2.45, 2.75) is 35.1 Å². The lowest BCUT2D eigenvalue weighted by molar-refractivity contribution is -1.02. The fraction of sp³-hybridized carbons (Fsp3) is 0.417. The summed E-state index contributed by atoms with van der Waals surface area (Å²) in [5.41, 5.74) is 2.33. The average Bonchev–Trinajstić information content (AvgIpc) is 3.29. The number of anilines is 3. The lowest BCUT2D eigenvalue weighted by atomic mass is 10.1. The maximum absolute atomic E-state index is 13.6. The SMILES string of the molecule is COC(=O)Nc1ccc2c(c1)N(C(=O)CC[NH+]1CC[NH+]3CCCC3C1)c1ccccc1S2. The van der Waals surface area contributed by atoms with Crippen LogP contribution in [0.15, 0.2) is 52.3 Å². The van der Waals surface area contributed by atoms with E-state index in [1.807, 2.05) is 41.3 Å². The van der Waals surface area contributed by atoms with Crippen molar-refractivity contribution in [1.82, 2.24) is 0 Å². The van der Waals surface area contributed by atoms with Gasteiger partial charge in [0.15, 0.2) is 0 Å². The predicted molar refractivity (Wildman–Crippen MR) is 124 cm³/mol. The molecule has 0 bridgehead atoms. The molecule has 3 atom stereocenters. The van der Waals surface area contributed by atoms with Gasteiger partial charge in [-0.1, -0.05) is 23.9 Å². The van der Waals surface area contributed by atoms with Crippen LogP contribution in [0.1, 0.15) is 19.3 Å². The smallest absolute Gasteiger partial charge is 0.411 e. The Kier molecular flexibility index (Phi) is 6.08. The number of carbonyl (C=O) groups is 2. The zero-order valence-electron chi connectivity index (χ0n) is 18.4. The summed E-state index contributed by atoms with van der Waals surface area (Å²) in [4.78, 5) is 32.5. The van der Waals surface area contributed by atoms with E-state index in [1.165, 1.54) is 39.6 Å². The van der Waals surface area contributed by atoms with E-state index in [1.54, 1.807) is 21.6 Å². The van der Waals surface area contributed by atoms with Crippen LogP contribution in [0.5, 0.6) is 0 Å². The first-order valence-corrected chi connectivity index (χ1v) is 12.2. The Morgan fingerprint density at radius 3 is 2.84 bits per heavy atom. The van der Waals surface area contributed by atoms with Gasteiger partial charge < -0.3 is 14.5 Å². The van der Waals surface area contributed by atoms with Crippen LogP contribution in [0.3, 0.4) is 0 Å². The number of amides is 2. The number of piperazine rings is 1. The second-order valence-corrected chi connectivity index (χ2v) is 9.88. The highest BCUT2D eigenvalue weighted by Gasteiger charge is 2.37. The number of nitrogens with zero attached hydrogens (tertiary/aromatic N) is 1. The summed E-state index contributed by atoms with van der Waals surface area (Å²) in [6.45, 7) is 5.73. The van der Waals surface area contributed by atoms with Gasteiger partial charge in [0.25, 0.3) is 0 Å². The fourth-order valence-corrected chi connectivity index (χ4v) is 6.28. The van der Waals surface area contributed by atoms with E-state index in [0.717, 1.165) is 40.3 Å². The number of hydrogen-bond donors (Lipinski definition) is 3. The molecule has 0 radical (unpaired) electrons. The maximum Gasteiger partial charge on any atom is 0.411 e. The van der Waals surface area contributed by atoms with Crippen LogP contribution in [0.2, 0.25) is 0 Å². The van der Waals surface area contributed by atoms with Crippen molar-refractivity contribution in [3.63, 3.8) is 0 Å². The lowest BCUT2D eigenvalue weighted by Gasteiger charge is -2.34. The third-order valence-electron chi connectivity index (χ3n) is 6.86. The van der Waals surface area contributed by atoms with Gasteiger partial charge in [-0.15, -0.1) is 0 Å². The van der Waals surface area contributed by atoms with E-state index >= 15 is 0 Å². The fourth-order valence-electron chi connectivity index (χ4n) is 5.24. The monoisotopic (exact) mass is 454 g/mol. The van der Waals surface area contributed by atoms with Gasteiger partial charge >= 0.3 is 6.09 Å². The Balaban J connectivity index is 1.36. The third-order valence-corrected chi connectivity index (χ3v) is 7.99. The minimum Gasteiger partial charge on any atom is -0.453 e. The van der Waals surface area contributed by atoms with E-state index in [-0.39, 0.29) is 5.91 Å². The molecule has 3 aliphatic rings. The molecule has 8 heteroatoms. The zero-order valence-corrected chi connectivity index (χ0v) is 19.2. The van der Waals surface area contributed by atoms with Crippen molar-refractivity contribution in [3.8, 4) is 0 Å². The number of nitrogens with one attached hydrogen (secondary N) is 3. The van der Waals surface area contributed by atoms with Crippen molar-refractivity contribution < 1.29 is 24.1 Å². The normalized spacial score (nSPS) is 23.7. The molecule has 3 N–H and O–H groups in total. The predicted octanol–water partition coefficient (Wildman–Crippen LogP) is 1.33.